The van der Waals surface area contributed by atoms with E-state index in [4.69, 9.17) is 9.47 Å². The van der Waals surface area contributed by atoms with Gasteiger partial charge in [-0.1, -0.05) is 18.2 Å². The van der Waals surface area contributed by atoms with Gasteiger partial charge in [-0.3, -0.25) is 9.59 Å². The monoisotopic (exact) mass is 359 g/mol. The molecule has 2 aromatic carbocycles. The van der Waals surface area contributed by atoms with Gasteiger partial charge in [-0.15, -0.1) is 0 Å². The molecule has 0 saturated carbocycles. The molecule has 0 aliphatic rings. The number of hydrogen-bond donors (Lipinski definition) is 1. The molecule has 0 saturated heterocycles. The highest BCUT2D eigenvalue weighted by atomic mass is 19.1. The van der Waals surface area contributed by atoms with E-state index in [1.54, 1.807) is 19.1 Å². The number of aryl methyl sites for hydroxylation is 2. The lowest BCUT2D eigenvalue weighted by Gasteiger charge is -2.08. The van der Waals surface area contributed by atoms with E-state index < -0.39 is 24.3 Å². The van der Waals surface area contributed by atoms with Crippen LogP contribution in [0.1, 0.15) is 24.0 Å². The number of ether oxygens (including phenoxy) is 2. The number of carbonyl (C=O) groups excluding carboxylic acids is 2. The topological polar surface area (TPSA) is 64.6 Å². The smallest absolute Gasteiger partial charge is 0.306 e. The molecule has 0 fully saturated rings. The average Bonchev–Trinajstić information content (AvgIpc) is 2.60. The maximum atomic E-state index is 13.4. The lowest BCUT2D eigenvalue weighted by Crippen LogP contribution is -2.21. The van der Waals surface area contributed by atoms with E-state index in [0.717, 1.165) is 11.3 Å². The summed E-state index contributed by atoms with van der Waals surface area (Å²) in [5.41, 5.74) is 1.91. The third-order valence-corrected chi connectivity index (χ3v) is 3.60. The van der Waals surface area contributed by atoms with Crippen LogP contribution in [0.2, 0.25) is 0 Å². The Bertz CT molecular complexity index is 776. The summed E-state index contributed by atoms with van der Waals surface area (Å²) in [7, 11) is 0. The van der Waals surface area contributed by atoms with Crippen molar-refractivity contribution in [2.24, 2.45) is 0 Å². The average molecular weight is 359 g/mol. The predicted molar refractivity (Wildman–Crippen MR) is 96.6 cm³/mol. The molecule has 6 heteroatoms. The van der Waals surface area contributed by atoms with E-state index >= 15 is 0 Å². The second-order valence-corrected chi connectivity index (χ2v) is 5.94. The second kappa shape index (κ2) is 9.56. The first kappa shape index (κ1) is 19.4. The largest absolute Gasteiger partial charge is 0.494 e. The van der Waals surface area contributed by atoms with Gasteiger partial charge in [0.05, 0.1) is 6.61 Å². The number of anilines is 1. The molecule has 0 unspecified atom stereocenters. The summed E-state index contributed by atoms with van der Waals surface area (Å²) in [6, 6.07) is 12.0. The molecule has 0 atom stereocenters. The molecular formula is C20H22FNO4. The Kier molecular flexibility index (Phi) is 7.14. The van der Waals surface area contributed by atoms with Crippen molar-refractivity contribution < 1.29 is 23.5 Å². The Labute approximate surface area is 152 Å². The minimum Gasteiger partial charge on any atom is -0.494 e. The molecule has 0 aliphatic heterocycles. The number of rotatable bonds is 8. The number of nitrogens with one attached hydrogen (secondary N) is 1. The van der Waals surface area contributed by atoms with Crippen LogP contribution in [0.15, 0.2) is 42.5 Å². The molecule has 138 valence electrons. The Balaban J connectivity index is 1.63. The van der Waals surface area contributed by atoms with Gasteiger partial charge in [-0.2, -0.15) is 0 Å². The van der Waals surface area contributed by atoms with Crippen LogP contribution in [0.5, 0.6) is 5.75 Å². The van der Waals surface area contributed by atoms with Gasteiger partial charge in [0.1, 0.15) is 11.6 Å². The van der Waals surface area contributed by atoms with Crippen LogP contribution in [0.3, 0.4) is 0 Å². The molecule has 1 N–H and O–H groups in total. The highest BCUT2D eigenvalue weighted by Crippen LogP contribution is 2.14. The molecule has 2 aromatic rings. The Morgan fingerprint density at radius 1 is 1.12 bits per heavy atom. The van der Waals surface area contributed by atoms with Crippen LogP contribution in [-0.2, 0) is 14.3 Å². The van der Waals surface area contributed by atoms with Crippen LogP contribution in [-0.4, -0.2) is 25.1 Å². The Morgan fingerprint density at radius 3 is 2.65 bits per heavy atom. The summed E-state index contributed by atoms with van der Waals surface area (Å²) in [6.07, 6.45) is 0.635. The molecule has 1 amide bonds. The van der Waals surface area contributed by atoms with Crippen molar-refractivity contribution >= 4 is 17.6 Å². The van der Waals surface area contributed by atoms with Gasteiger partial charge in [0.15, 0.2) is 6.61 Å². The summed E-state index contributed by atoms with van der Waals surface area (Å²) < 4.78 is 23.9. The van der Waals surface area contributed by atoms with Crippen molar-refractivity contribution in [2.45, 2.75) is 26.7 Å². The van der Waals surface area contributed by atoms with Crippen molar-refractivity contribution in [2.75, 3.05) is 18.5 Å². The molecule has 0 aliphatic carbocycles. The third-order valence-electron chi connectivity index (χ3n) is 3.60. The number of carbonyl (C=O) groups is 2. The van der Waals surface area contributed by atoms with Crippen molar-refractivity contribution in [3.63, 3.8) is 0 Å². The molecule has 26 heavy (non-hydrogen) atoms. The zero-order valence-corrected chi connectivity index (χ0v) is 14.9. The number of benzene rings is 2. The van der Waals surface area contributed by atoms with Gasteiger partial charge >= 0.3 is 5.97 Å². The van der Waals surface area contributed by atoms with E-state index in [2.05, 4.69) is 5.32 Å². The van der Waals surface area contributed by atoms with E-state index in [-0.39, 0.29) is 6.42 Å². The lowest BCUT2D eigenvalue weighted by atomic mass is 10.2. The number of esters is 1. The zero-order valence-electron chi connectivity index (χ0n) is 14.9. The molecular weight excluding hydrogens is 337 g/mol. The van der Waals surface area contributed by atoms with Crippen LogP contribution in [0.25, 0.3) is 0 Å². The van der Waals surface area contributed by atoms with E-state index in [9.17, 15) is 14.0 Å². The second-order valence-electron chi connectivity index (χ2n) is 5.94. The number of halogens is 1. The normalized spacial score (nSPS) is 10.3. The molecule has 0 aromatic heterocycles. The fourth-order valence-corrected chi connectivity index (χ4v) is 2.20. The summed E-state index contributed by atoms with van der Waals surface area (Å²) in [4.78, 5) is 23.4. The zero-order chi connectivity index (χ0) is 18.9. The first-order valence-corrected chi connectivity index (χ1v) is 8.35. The fourth-order valence-electron chi connectivity index (χ4n) is 2.20. The number of hydrogen-bond acceptors (Lipinski definition) is 4. The highest BCUT2D eigenvalue weighted by Gasteiger charge is 2.09. The van der Waals surface area contributed by atoms with Crippen molar-refractivity contribution in [1.82, 2.24) is 0 Å². The Morgan fingerprint density at radius 2 is 1.92 bits per heavy atom. The Hall–Kier alpha value is -2.89. The van der Waals surface area contributed by atoms with Crippen LogP contribution in [0.4, 0.5) is 10.1 Å². The minimum atomic E-state index is -0.516. The standard InChI is InChI=1S/C20H22FNO4/c1-14-5-3-6-17(11-14)25-10-4-7-20(24)26-13-19(23)22-16-9-8-15(2)18(21)12-16/h3,5-6,8-9,11-12H,4,7,10,13H2,1-2H3,(H,22,23). The summed E-state index contributed by atoms with van der Waals surface area (Å²) in [5.74, 6) is -0.655. The van der Waals surface area contributed by atoms with E-state index in [0.29, 0.717) is 24.3 Å². The maximum absolute atomic E-state index is 13.4. The fraction of sp³-hybridized carbons (Fsp3) is 0.300. The van der Waals surface area contributed by atoms with Gasteiger partial charge in [-0.05, 0) is 55.7 Å². The highest BCUT2D eigenvalue weighted by molar-refractivity contribution is 5.92. The minimum absolute atomic E-state index is 0.151. The quantitative estimate of drug-likeness (QED) is 0.575. The molecule has 0 spiro atoms. The lowest BCUT2D eigenvalue weighted by molar-refractivity contribution is -0.147. The van der Waals surface area contributed by atoms with E-state index in [1.807, 2.05) is 31.2 Å². The first-order valence-electron chi connectivity index (χ1n) is 8.35. The summed E-state index contributed by atoms with van der Waals surface area (Å²) in [5, 5.41) is 2.48. The van der Waals surface area contributed by atoms with Crippen molar-refractivity contribution in [3.8, 4) is 5.75 Å². The molecule has 5 nitrogen and oxygen atoms in total. The van der Waals surface area contributed by atoms with Gasteiger partial charge < -0.3 is 14.8 Å². The first-order chi connectivity index (χ1) is 12.4. The molecule has 0 radical (unpaired) electrons. The van der Waals surface area contributed by atoms with Gasteiger partial charge in [-0.25, -0.2) is 4.39 Å². The van der Waals surface area contributed by atoms with Gasteiger partial charge in [0, 0.05) is 12.1 Å². The van der Waals surface area contributed by atoms with Gasteiger partial charge in [0.25, 0.3) is 5.91 Å². The van der Waals surface area contributed by atoms with Crippen molar-refractivity contribution in [1.29, 1.82) is 0 Å². The van der Waals surface area contributed by atoms with E-state index in [1.165, 1.54) is 6.07 Å². The summed E-state index contributed by atoms with van der Waals surface area (Å²) in [6.45, 7) is 3.58. The van der Waals surface area contributed by atoms with Gasteiger partial charge in [0.2, 0.25) is 0 Å². The molecule has 2 rings (SSSR count). The molecule has 0 bridgehead atoms. The maximum Gasteiger partial charge on any atom is 0.306 e. The summed E-state index contributed by atoms with van der Waals surface area (Å²) >= 11 is 0. The van der Waals surface area contributed by atoms with Crippen LogP contribution in [0, 0.1) is 19.7 Å². The predicted octanol–water partition coefficient (Wildman–Crippen LogP) is 3.78. The van der Waals surface area contributed by atoms with Crippen LogP contribution >= 0.6 is 0 Å². The number of amides is 1. The SMILES string of the molecule is Cc1cccc(OCCCC(=O)OCC(=O)Nc2ccc(C)c(F)c2)c1. The van der Waals surface area contributed by atoms with Crippen LogP contribution < -0.4 is 10.1 Å². The molecule has 0 heterocycles. The third kappa shape index (κ3) is 6.55. The van der Waals surface area contributed by atoms with Crippen molar-refractivity contribution in [3.05, 3.63) is 59.4 Å².